The minimum atomic E-state index is -0.666. The van der Waals surface area contributed by atoms with Crippen molar-refractivity contribution < 1.29 is 4.79 Å². The van der Waals surface area contributed by atoms with E-state index in [1.54, 1.807) is 0 Å². The zero-order valence-corrected chi connectivity index (χ0v) is 7.15. The fourth-order valence-corrected chi connectivity index (χ4v) is 0.930. The van der Waals surface area contributed by atoms with E-state index >= 15 is 0 Å². The van der Waals surface area contributed by atoms with Gasteiger partial charge >= 0.3 is 6.03 Å². The third-order valence-electron chi connectivity index (χ3n) is 1.57. The van der Waals surface area contributed by atoms with E-state index in [-0.39, 0.29) is 0 Å². The topological polar surface area (TPSA) is 52.9 Å². The smallest absolute Gasteiger partial charge is 0.333 e. The molecule has 0 aliphatic carbocycles. The van der Waals surface area contributed by atoms with Crippen LogP contribution in [0.2, 0.25) is 0 Å². The molecule has 0 aliphatic heterocycles. The average Bonchev–Trinajstić information content (AvgIpc) is 1.96. The largest absolute Gasteiger partial charge is 0.337 e. The van der Waals surface area contributed by atoms with Gasteiger partial charge in [0.1, 0.15) is 0 Å². The number of rotatable bonds is 6. The highest BCUT2D eigenvalue weighted by molar-refractivity contribution is 5.70. The lowest BCUT2D eigenvalue weighted by Gasteiger charge is -1.99. The Morgan fingerprint density at radius 2 is 1.91 bits per heavy atom. The first kappa shape index (κ1) is 10.3. The lowest BCUT2D eigenvalue weighted by atomic mass is 10.1. The number of unbranched alkanes of at least 4 members (excludes halogenated alkanes) is 4. The summed E-state index contributed by atoms with van der Waals surface area (Å²) in [5.41, 5.74) is 6.54. The fourth-order valence-electron chi connectivity index (χ4n) is 0.930. The minimum Gasteiger partial charge on any atom is -0.337 e. The van der Waals surface area contributed by atoms with Crippen LogP contribution in [0.4, 0.5) is 4.79 Å². The number of hydrogen-bond donors (Lipinski definition) is 1. The number of nitrogens with one attached hydrogen (secondary N) is 2. The van der Waals surface area contributed by atoms with Crippen LogP contribution in [-0.4, -0.2) is 12.6 Å². The molecule has 0 aromatic rings. The monoisotopic (exact) mass is 157 g/mol. The van der Waals surface area contributed by atoms with E-state index < -0.39 is 6.03 Å². The SMILES string of the molecule is CCCCCCCNC([NH])=O. The summed E-state index contributed by atoms with van der Waals surface area (Å²) in [6, 6.07) is -0.666. The van der Waals surface area contributed by atoms with Crippen molar-refractivity contribution in [3.63, 3.8) is 0 Å². The summed E-state index contributed by atoms with van der Waals surface area (Å²) in [6.07, 6.45) is 5.92. The van der Waals surface area contributed by atoms with Crippen LogP contribution in [0.1, 0.15) is 39.0 Å². The van der Waals surface area contributed by atoms with Gasteiger partial charge in [-0.1, -0.05) is 32.6 Å². The number of hydrogen-bond acceptors (Lipinski definition) is 1. The Hall–Kier alpha value is -0.730. The molecule has 0 aromatic carbocycles. The molecule has 65 valence electrons. The second-order valence-electron chi connectivity index (χ2n) is 2.67. The van der Waals surface area contributed by atoms with E-state index in [1.807, 2.05) is 0 Å². The van der Waals surface area contributed by atoms with E-state index in [2.05, 4.69) is 12.2 Å². The van der Waals surface area contributed by atoms with Crippen molar-refractivity contribution in [3.05, 3.63) is 0 Å². The molecular weight excluding hydrogens is 140 g/mol. The number of amides is 2. The van der Waals surface area contributed by atoms with Crippen LogP contribution >= 0.6 is 0 Å². The second kappa shape index (κ2) is 7.38. The maximum absolute atomic E-state index is 10.1. The zero-order chi connectivity index (χ0) is 8.53. The summed E-state index contributed by atoms with van der Waals surface area (Å²) in [6.45, 7) is 2.83. The van der Waals surface area contributed by atoms with E-state index in [0.29, 0.717) is 6.54 Å². The molecule has 0 rings (SSSR count). The van der Waals surface area contributed by atoms with Crippen molar-refractivity contribution in [2.45, 2.75) is 39.0 Å². The van der Waals surface area contributed by atoms with Crippen molar-refractivity contribution in [1.29, 1.82) is 0 Å². The van der Waals surface area contributed by atoms with Crippen LogP contribution in [0.5, 0.6) is 0 Å². The van der Waals surface area contributed by atoms with E-state index in [4.69, 9.17) is 5.73 Å². The van der Waals surface area contributed by atoms with Crippen LogP contribution in [0.25, 0.3) is 0 Å². The molecule has 2 N–H and O–H groups in total. The first-order chi connectivity index (χ1) is 5.27. The van der Waals surface area contributed by atoms with Crippen molar-refractivity contribution in [2.24, 2.45) is 0 Å². The molecule has 0 saturated heterocycles. The highest BCUT2D eigenvalue weighted by atomic mass is 16.2. The third-order valence-corrected chi connectivity index (χ3v) is 1.57. The predicted octanol–water partition coefficient (Wildman–Crippen LogP) is 1.95. The molecule has 3 heteroatoms. The van der Waals surface area contributed by atoms with Gasteiger partial charge in [-0.15, -0.1) is 0 Å². The Labute approximate surface area is 68.3 Å². The molecule has 0 fully saturated rings. The molecule has 1 radical (unpaired) electrons. The number of urea groups is 1. The van der Waals surface area contributed by atoms with Gasteiger partial charge < -0.3 is 5.32 Å². The van der Waals surface area contributed by atoms with Gasteiger partial charge in [0.2, 0.25) is 0 Å². The van der Waals surface area contributed by atoms with Gasteiger partial charge in [0.25, 0.3) is 0 Å². The average molecular weight is 157 g/mol. The molecule has 0 heterocycles. The number of carbonyl (C=O) groups excluding carboxylic acids is 1. The molecule has 0 bridgehead atoms. The van der Waals surface area contributed by atoms with Crippen molar-refractivity contribution in [3.8, 4) is 0 Å². The van der Waals surface area contributed by atoms with Gasteiger partial charge in [-0.25, -0.2) is 10.5 Å². The quantitative estimate of drug-likeness (QED) is 0.588. The maximum atomic E-state index is 10.1. The molecule has 0 aromatic heterocycles. The van der Waals surface area contributed by atoms with Gasteiger partial charge in [0, 0.05) is 6.54 Å². The molecule has 11 heavy (non-hydrogen) atoms. The Morgan fingerprint density at radius 1 is 1.27 bits per heavy atom. The first-order valence-electron chi connectivity index (χ1n) is 4.26. The van der Waals surface area contributed by atoms with Crippen LogP contribution in [-0.2, 0) is 0 Å². The predicted molar refractivity (Wildman–Crippen MR) is 45.3 cm³/mol. The molecule has 0 saturated carbocycles. The van der Waals surface area contributed by atoms with Crippen LogP contribution in [0.3, 0.4) is 0 Å². The van der Waals surface area contributed by atoms with Crippen LogP contribution in [0.15, 0.2) is 0 Å². The van der Waals surface area contributed by atoms with Gasteiger partial charge in [-0.3, -0.25) is 0 Å². The minimum absolute atomic E-state index is 0.659. The lowest BCUT2D eigenvalue weighted by molar-refractivity contribution is 0.247. The molecule has 0 unspecified atom stereocenters. The molecule has 3 nitrogen and oxygen atoms in total. The Morgan fingerprint density at radius 3 is 2.45 bits per heavy atom. The van der Waals surface area contributed by atoms with E-state index in [1.165, 1.54) is 19.3 Å². The van der Waals surface area contributed by atoms with Crippen LogP contribution < -0.4 is 11.1 Å². The summed E-state index contributed by atoms with van der Waals surface area (Å²) in [4.78, 5) is 10.1. The Kier molecular flexibility index (Phi) is 6.89. The molecule has 0 atom stereocenters. The lowest BCUT2D eigenvalue weighted by Crippen LogP contribution is -2.23. The highest BCUT2D eigenvalue weighted by Crippen LogP contribution is 2.00. The van der Waals surface area contributed by atoms with Gasteiger partial charge in [-0.05, 0) is 6.42 Å². The Bertz CT molecular complexity index is 104. The summed E-state index contributed by atoms with van der Waals surface area (Å²) in [5.74, 6) is 0. The summed E-state index contributed by atoms with van der Waals surface area (Å²) in [7, 11) is 0. The van der Waals surface area contributed by atoms with Crippen molar-refractivity contribution in [2.75, 3.05) is 6.54 Å². The summed E-state index contributed by atoms with van der Waals surface area (Å²) >= 11 is 0. The molecule has 0 aliphatic rings. The highest BCUT2D eigenvalue weighted by Gasteiger charge is 1.91. The van der Waals surface area contributed by atoms with E-state index in [9.17, 15) is 4.79 Å². The van der Waals surface area contributed by atoms with Crippen molar-refractivity contribution >= 4 is 6.03 Å². The summed E-state index contributed by atoms with van der Waals surface area (Å²) < 4.78 is 0. The zero-order valence-electron chi connectivity index (χ0n) is 7.15. The van der Waals surface area contributed by atoms with Crippen molar-refractivity contribution in [1.82, 2.24) is 11.1 Å². The van der Waals surface area contributed by atoms with Gasteiger partial charge in [0.15, 0.2) is 0 Å². The van der Waals surface area contributed by atoms with Crippen LogP contribution in [0, 0.1) is 0 Å². The normalized spacial score (nSPS) is 9.55. The maximum Gasteiger partial charge on any atom is 0.333 e. The third kappa shape index (κ3) is 9.27. The standard InChI is InChI=1S/C8H17N2O/c1-2-3-4-5-6-7-10-8(9)11/h9H,2-7H2,1H3,(H,10,11). The number of carbonyl (C=O) groups is 1. The van der Waals surface area contributed by atoms with E-state index in [0.717, 1.165) is 12.8 Å². The van der Waals surface area contributed by atoms with Gasteiger partial charge in [-0.2, -0.15) is 0 Å². The fraction of sp³-hybridized carbons (Fsp3) is 0.875. The second-order valence-corrected chi connectivity index (χ2v) is 2.67. The first-order valence-corrected chi connectivity index (χ1v) is 4.26. The Balaban J connectivity index is 2.85. The summed E-state index contributed by atoms with van der Waals surface area (Å²) in [5, 5.41) is 2.45. The molecular formula is C8H17N2O. The van der Waals surface area contributed by atoms with Gasteiger partial charge in [0.05, 0.1) is 0 Å². The molecule has 2 amide bonds. The molecule has 0 spiro atoms.